The molecule has 0 bridgehead atoms. The van der Waals surface area contributed by atoms with Gasteiger partial charge in [0, 0.05) is 7.11 Å². The molecule has 0 radical (unpaired) electrons. The number of amides is 1. The lowest BCUT2D eigenvalue weighted by Crippen LogP contribution is -2.32. The van der Waals surface area contributed by atoms with Crippen molar-refractivity contribution in [2.75, 3.05) is 33.5 Å². The van der Waals surface area contributed by atoms with Crippen LogP contribution in [-0.4, -0.2) is 45.8 Å². The second-order valence-electron chi connectivity index (χ2n) is 2.24. The molecule has 6 heteroatoms. The number of carbonyl (C=O) groups excluding carboxylic acids is 1. The van der Waals surface area contributed by atoms with Gasteiger partial charge in [-0.25, -0.2) is 8.78 Å². The van der Waals surface area contributed by atoms with Crippen LogP contribution in [0.15, 0.2) is 0 Å². The molecule has 1 N–H and O–H groups in total. The van der Waals surface area contributed by atoms with Crippen molar-refractivity contribution in [1.29, 1.82) is 0 Å². The highest BCUT2D eigenvalue weighted by molar-refractivity contribution is 5.77. The van der Waals surface area contributed by atoms with Crippen LogP contribution in [0.1, 0.15) is 0 Å². The third kappa shape index (κ3) is 9.16. The molecule has 0 saturated heterocycles. The summed E-state index contributed by atoms with van der Waals surface area (Å²) in [5.41, 5.74) is 0. The number of hydrogen-bond donors (Lipinski definition) is 1. The Morgan fingerprint density at radius 3 is 2.69 bits per heavy atom. The summed E-state index contributed by atoms with van der Waals surface area (Å²) in [4.78, 5) is 10.7. The minimum atomic E-state index is -2.53. The summed E-state index contributed by atoms with van der Waals surface area (Å²) in [7, 11) is 1.50. The maximum absolute atomic E-state index is 11.6. The van der Waals surface area contributed by atoms with Crippen LogP contribution in [0.25, 0.3) is 0 Å². The van der Waals surface area contributed by atoms with Gasteiger partial charge in [0.2, 0.25) is 5.91 Å². The minimum absolute atomic E-state index is 0.212. The average molecular weight is 197 g/mol. The number of alkyl halides is 2. The minimum Gasteiger partial charge on any atom is -0.382 e. The summed E-state index contributed by atoms with van der Waals surface area (Å²) >= 11 is 0. The van der Waals surface area contributed by atoms with Gasteiger partial charge in [0.1, 0.15) is 6.61 Å². The van der Waals surface area contributed by atoms with E-state index in [1.54, 1.807) is 0 Å². The molecule has 78 valence electrons. The number of hydrogen-bond acceptors (Lipinski definition) is 3. The van der Waals surface area contributed by atoms with Gasteiger partial charge in [0.05, 0.1) is 19.8 Å². The number of halogens is 2. The largest absolute Gasteiger partial charge is 0.382 e. The standard InChI is InChI=1S/C7H13F2NO3/c1-12-2-3-13-5-7(11)10-4-6(8)9/h6H,2-5H2,1H3,(H,10,11). The van der Waals surface area contributed by atoms with Gasteiger partial charge in [-0.05, 0) is 0 Å². The fourth-order valence-corrected chi connectivity index (χ4v) is 0.549. The number of ether oxygens (including phenoxy) is 2. The zero-order valence-electron chi connectivity index (χ0n) is 7.39. The van der Waals surface area contributed by atoms with Crippen molar-refractivity contribution in [2.24, 2.45) is 0 Å². The van der Waals surface area contributed by atoms with Crippen molar-refractivity contribution in [1.82, 2.24) is 5.32 Å². The Morgan fingerprint density at radius 2 is 2.15 bits per heavy atom. The lowest BCUT2D eigenvalue weighted by molar-refractivity contribution is -0.126. The van der Waals surface area contributed by atoms with Crippen LogP contribution in [0.5, 0.6) is 0 Å². The summed E-state index contributed by atoms with van der Waals surface area (Å²) in [6.45, 7) is -0.191. The molecule has 0 heterocycles. The average Bonchev–Trinajstić information content (AvgIpc) is 2.09. The summed E-state index contributed by atoms with van der Waals surface area (Å²) in [6.07, 6.45) is -2.53. The summed E-state index contributed by atoms with van der Waals surface area (Å²) in [5, 5.41) is 2.00. The molecule has 0 spiro atoms. The lowest BCUT2D eigenvalue weighted by atomic mass is 10.6. The van der Waals surface area contributed by atoms with Crippen molar-refractivity contribution in [2.45, 2.75) is 6.43 Å². The fourth-order valence-electron chi connectivity index (χ4n) is 0.549. The molecule has 1 amide bonds. The number of methoxy groups -OCH3 is 1. The molecular formula is C7H13F2NO3. The van der Waals surface area contributed by atoms with E-state index in [1.165, 1.54) is 7.11 Å². The molecular weight excluding hydrogens is 184 g/mol. The van der Waals surface area contributed by atoms with Gasteiger partial charge in [-0.15, -0.1) is 0 Å². The van der Waals surface area contributed by atoms with E-state index < -0.39 is 18.9 Å². The Kier molecular flexibility index (Phi) is 7.42. The third-order valence-electron chi connectivity index (χ3n) is 1.12. The molecule has 0 aliphatic heterocycles. The predicted octanol–water partition coefficient (Wildman–Crippen LogP) is 0.0307. The van der Waals surface area contributed by atoms with Crippen molar-refractivity contribution in [3.05, 3.63) is 0 Å². The molecule has 0 rings (SSSR count). The highest BCUT2D eigenvalue weighted by Crippen LogP contribution is 1.87. The van der Waals surface area contributed by atoms with Crippen molar-refractivity contribution >= 4 is 5.91 Å². The molecule has 0 fully saturated rings. The zero-order chi connectivity index (χ0) is 10.1. The number of nitrogens with one attached hydrogen (secondary N) is 1. The van der Waals surface area contributed by atoms with E-state index in [1.807, 2.05) is 5.32 Å². The van der Waals surface area contributed by atoms with Gasteiger partial charge in [-0.1, -0.05) is 0 Å². The molecule has 0 atom stereocenters. The molecule has 0 aromatic carbocycles. The second-order valence-corrected chi connectivity index (χ2v) is 2.24. The van der Waals surface area contributed by atoms with Crippen molar-refractivity contribution < 1.29 is 23.0 Å². The summed E-state index contributed by atoms with van der Waals surface area (Å²) in [5.74, 6) is -0.545. The highest BCUT2D eigenvalue weighted by Gasteiger charge is 2.05. The van der Waals surface area contributed by atoms with Crippen molar-refractivity contribution in [3.63, 3.8) is 0 Å². The Balaban J connectivity index is 3.20. The number of carbonyl (C=O) groups is 1. The first-order chi connectivity index (χ1) is 6.16. The monoisotopic (exact) mass is 197 g/mol. The first kappa shape index (κ1) is 12.2. The van der Waals surface area contributed by atoms with Gasteiger partial charge >= 0.3 is 0 Å². The molecule has 0 aromatic heterocycles. The maximum atomic E-state index is 11.6. The van der Waals surface area contributed by atoms with E-state index in [2.05, 4.69) is 4.74 Å². The second kappa shape index (κ2) is 7.88. The Morgan fingerprint density at radius 1 is 1.46 bits per heavy atom. The van der Waals surface area contributed by atoms with Crippen LogP contribution >= 0.6 is 0 Å². The van der Waals surface area contributed by atoms with Crippen LogP contribution in [0.4, 0.5) is 8.78 Å². The predicted molar refractivity (Wildman–Crippen MR) is 41.7 cm³/mol. The Bertz CT molecular complexity index is 144. The van der Waals surface area contributed by atoms with Gasteiger partial charge in [-0.3, -0.25) is 4.79 Å². The van der Waals surface area contributed by atoms with Gasteiger partial charge in [0.15, 0.2) is 0 Å². The molecule has 0 aliphatic carbocycles. The first-order valence-corrected chi connectivity index (χ1v) is 3.78. The van der Waals surface area contributed by atoms with E-state index in [-0.39, 0.29) is 13.2 Å². The Labute approximate surface area is 75.2 Å². The molecule has 13 heavy (non-hydrogen) atoms. The topological polar surface area (TPSA) is 47.6 Å². The zero-order valence-corrected chi connectivity index (χ0v) is 7.39. The SMILES string of the molecule is COCCOCC(=O)NCC(F)F. The van der Waals surface area contributed by atoms with Crippen molar-refractivity contribution in [3.8, 4) is 0 Å². The van der Waals surface area contributed by atoms with Gasteiger partial charge in [-0.2, -0.15) is 0 Å². The molecule has 0 aliphatic rings. The van der Waals surface area contributed by atoms with E-state index in [9.17, 15) is 13.6 Å². The molecule has 0 saturated carbocycles. The Hall–Kier alpha value is -0.750. The van der Waals surface area contributed by atoms with E-state index in [0.29, 0.717) is 6.61 Å². The molecule has 4 nitrogen and oxygen atoms in total. The first-order valence-electron chi connectivity index (χ1n) is 3.78. The smallest absolute Gasteiger partial charge is 0.255 e. The summed E-state index contributed by atoms with van der Waals surface area (Å²) < 4.78 is 32.6. The van der Waals surface area contributed by atoms with Gasteiger partial charge in [0.25, 0.3) is 6.43 Å². The summed E-state index contributed by atoms with van der Waals surface area (Å²) in [6, 6.07) is 0. The van der Waals surface area contributed by atoms with Crippen LogP contribution in [0, 0.1) is 0 Å². The fraction of sp³-hybridized carbons (Fsp3) is 0.857. The normalized spacial score (nSPS) is 10.5. The van der Waals surface area contributed by atoms with Crippen LogP contribution < -0.4 is 5.32 Å². The highest BCUT2D eigenvalue weighted by atomic mass is 19.3. The van der Waals surface area contributed by atoms with E-state index in [4.69, 9.17) is 4.74 Å². The number of rotatable bonds is 7. The maximum Gasteiger partial charge on any atom is 0.255 e. The lowest BCUT2D eigenvalue weighted by Gasteiger charge is -2.04. The van der Waals surface area contributed by atoms with Crippen LogP contribution in [-0.2, 0) is 14.3 Å². The quantitative estimate of drug-likeness (QED) is 0.586. The van der Waals surface area contributed by atoms with Gasteiger partial charge < -0.3 is 14.8 Å². The van der Waals surface area contributed by atoms with Crippen LogP contribution in [0.3, 0.4) is 0 Å². The van der Waals surface area contributed by atoms with Crippen LogP contribution in [0.2, 0.25) is 0 Å². The van der Waals surface area contributed by atoms with E-state index >= 15 is 0 Å². The third-order valence-corrected chi connectivity index (χ3v) is 1.12. The van der Waals surface area contributed by atoms with E-state index in [0.717, 1.165) is 0 Å². The molecule has 0 unspecified atom stereocenters. The molecule has 0 aromatic rings.